The number of aliphatic carboxylic acids is 1. The van der Waals surface area contributed by atoms with Gasteiger partial charge >= 0.3 is 5.97 Å². The molecular formula is C14H17ClO3. The van der Waals surface area contributed by atoms with E-state index in [1.807, 2.05) is 26.0 Å². The topological polar surface area (TPSA) is 46.5 Å². The maximum atomic E-state index is 10.7. The van der Waals surface area contributed by atoms with Gasteiger partial charge < -0.3 is 9.84 Å². The summed E-state index contributed by atoms with van der Waals surface area (Å²) in [5.41, 5.74) is 1.82. The summed E-state index contributed by atoms with van der Waals surface area (Å²) < 4.78 is 5.73. The van der Waals surface area contributed by atoms with Gasteiger partial charge in [-0.1, -0.05) is 11.6 Å². The first-order valence-electron chi connectivity index (χ1n) is 6.03. The predicted octanol–water partition coefficient (Wildman–Crippen LogP) is 3.59. The Balaban J connectivity index is 2.01. The zero-order chi connectivity index (χ0) is 13.3. The van der Waals surface area contributed by atoms with E-state index in [1.54, 1.807) is 0 Å². The van der Waals surface area contributed by atoms with Crippen molar-refractivity contribution in [1.82, 2.24) is 0 Å². The molecule has 4 heteroatoms. The van der Waals surface area contributed by atoms with E-state index in [0.29, 0.717) is 6.61 Å². The van der Waals surface area contributed by atoms with Gasteiger partial charge in [0.1, 0.15) is 5.75 Å². The van der Waals surface area contributed by atoms with Crippen molar-refractivity contribution in [3.8, 4) is 5.75 Å². The van der Waals surface area contributed by atoms with Gasteiger partial charge in [0.2, 0.25) is 0 Å². The maximum Gasteiger partial charge on any atom is 0.304 e. The fourth-order valence-electron chi connectivity index (χ4n) is 2.10. The van der Waals surface area contributed by atoms with Gasteiger partial charge in [0, 0.05) is 10.4 Å². The number of ether oxygens (including phenoxy) is 1. The molecule has 98 valence electrons. The van der Waals surface area contributed by atoms with Crippen LogP contribution in [0.25, 0.3) is 0 Å². The summed E-state index contributed by atoms with van der Waals surface area (Å²) in [4.78, 5) is 10.7. The van der Waals surface area contributed by atoms with Gasteiger partial charge in [-0.2, -0.15) is 0 Å². The quantitative estimate of drug-likeness (QED) is 0.888. The molecule has 0 unspecified atom stereocenters. The Kier molecular flexibility index (Phi) is 3.53. The van der Waals surface area contributed by atoms with Gasteiger partial charge in [0.05, 0.1) is 13.0 Å². The minimum Gasteiger partial charge on any atom is -0.493 e. The molecule has 3 nitrogen and oxygen atoms in total. The highest BCUT2D eigenvalue weighted by atomic mass is 35.5. The number of hydrogen-bond donors (Lipinski definition) is 1. The Bertz CT molecular complexity index is 455. The molecule has 0 radical (unpaired) electrons. The van der Waals surface area contributed by atoms with Gasteiger partial charge in [-0.3, -0.25) is 4.79 Å². The summed E-state index contributed by atoms with van der Waals surface area (Å²) in [5, 5.41) is 9.60. The normalized spacial score (nSPS) is 16.4. The van der Waals surface area contributed by atoms with Crippen LogP contribution < -0.4 is 4.74 Å². The van der Waals surface area contributed by atoms with Crippen LogP contribution in [0, 0.1) is 19.3 Å². The number of halogens is 1. The highest BCUT2D eigenvalue weighted by molar-refractivity contribution is 6.32. The summed E-state index contributed by atoms with van der Waals surface area (Å²) >= 11 is 6.09. The van der Waals surface area contributed by atoms with E-state index in [4.69, 9.17) is 21.4 Å². The van der Waals surface area contributed by atoms with Crippen LogP contribution in [0.3, 0.4) is 0 Å². The molecule has 0 aromatic heterocycles. The molecule has 0 aliphatic heterocycles. The molecule has 1 aliphatic rings. The van der Waals surface area contributed by atoms with E-state index >= 15 is 0 Å². The Labute approximate surface area is 112 Å². The highest BCUT2D eigenvalue weighted by Crippen LogP contribution is 2.49. The van der Waals surface area contributed by atoms with Gasteiger partial charge in [-0.05, 0) is 49.9 Å². The third kappa shape index (κ3) is 2.96. The molecule has 0 amide bonds. The SMILES string of the molecule is Cc1cc(OCC2(CC(=O)O)CC2)cc(C)c1Cl. The monoisotopic (exact) mass is 268 g/mol. The minimum atomic E-state index is -0.750. The molecule has 0 spiro atoms. The predicted molar refractivity (Wildman–Crippen MR) is 70.3 cm³/mol. The fourth-order valence-corrected chi connectivity index (χ4v) is 2.20. The van der Waals surface area contributed by atoms with Gasteiger partial charge in [-0.25, -0.2) is 0 Å². The van der Waals surface area contributed by atoms with Crippen molar-refractivity contribution >= 4 is 17.6 Å². The number of carboxylic acid groups (broad SMARTS) is 1. The van der Waals surface area contributed by atoms with Crippen molar-refractivity contribution in [2.24, 2.45) is 5.41 Å². The molecule has 1 aliphatic carbocycles. The number of carbonyl (C=O) groups is 1. The second-order valence-corrected chi connectivity index (χ2v) is 5.61. The summed E-state index contributed by atoms with van der Waals surface area (Å²) in [6, 6.07) is 3.79. The maximum absolute atomic E-state index is 10.7. The largest absolute Gasteiger partial charge is 0.493 e. The number of hydrogen-bond acceptors (Lipinski definition) is 2. The molecule has 1 aromatic carbocycles. The zero-order valence-corrected chi connectivity index (χ0v) is 11.4. The molecule has 0 saturated heterocycles. The van der Waals surface area contributed by atoms with Gasteiger partial charge in [0.25, 0.3) is 0 Å². The second kappa shape index (κ2) is 4.81. The van der Waals surface area contributed by atoms with Crippen LogP contribution in [0.1, 0.15) is 30.4 Å². The van der Waals surface area contributed by atoms with E-state index in [1.165, 1.54) is 0 Å². The Morgan fingerprint density at radius 2 is 1.94 bits per heavy atom. The first kappa shape index (κ1) is 13.2. The van der Waals surface area contributed by atoms with Crippen molar-refractivity contribution in [2.75, 3.05) is 6.61 Å². The van der Waals surface area contributed by atoms with Crippen LogP contribution in [0.5, 0.6) is 5.75 Å². The lowest BCUT2D eigenvalue weighted by Crippen LogP contribution is -2.17. The van der Waals surface area contributed by atoms with Gasteiger partial charge in [-0.15, -0.1) is 0 Å². The lowest BCUT2D eigenvalue weighted by molar-refractivity contribution is -0.138. The lowest BCUT2D eigenvalue weighted by Gasteiger charge is -2.15. The molecule has 0 heterocycles. The molecular weight excluding hydrogens is 252 g/mol. The fraction of sp³-hybridized carbons (Fsp3) is 0.500. The standard InChI is InChI=1S/C14H17ClO3/c1-9-5-11(6-10(2)13(9)15)18-8-14(3-4-14)7-12(16)17/h5-6H,3-4,7-8H2,1-2H3,(H,16,17). The van der Waals surface area contributed by atoms with Crippen LogP contribution in [-0.2, 0) is 4.79 Å². The summed E-state index contributed by atoms with van der Waals surface area (Å²) in [6.07, 6.45) is 2.06. The third-order valence-corrected chi connectivity index (χ3v) is 4.03. The van der Waals surface area contributed by atoms with Crippen LogP contribution in [0.15, 0.2) is 12.1 Å². The third-order valence-electron chi connectivity index (χ3n) is 3.44. The van der Waals surface area contributed by atoms with Crippen molar-refractivity contribution in [3.05, 3.63) is 28.3 Å². The zero-order valence-electron chi connectivity index (χ0n) is 10.6. The first-order chi connectivity index (χ1) is 8.42. The van der Waals surface area contributed by atoms with E-state index in [9.17, 15) is 4.79 Å². The van der Waals surface area contributed by atoms with E-state index < -0.39 is 5.97 Å². The molecule has 18 heavy (non-hydrogen) atoms. The lowest BCUT2D eigenvalue weighted by atomic mass is 10.0. The van der Waals surface area contributed by atoms with Crippen LogP contribution >= 0.6 is 11.6 Å². The van der Waals surface area contributed by atoms with Crippen molar-refractivity contribution in [2.45, 2.75) is 33.1 Å². The van der Waals surface area contributed by atoms with Crippen LogP contribution in [-0.4, -0.2) is 17.7 Å². The van der Waals surface area contributed by atoms with Crippen LogP contribution in [0.2, 0.25) is 5.02 Å². The summed E-state index contributed by atoms with van der Waals surface area (Å²) in [7, 11) is 0. The average molecular weight is 269 g/mol. The van der Waals surface area contributed by atoms with E-state index in [0.717, 1.165) is 34.7 Å². The Morgan fingerprint density at radius 1 is 1.39 bits per heavy atom. The van der Waals surface area contributed by atoms with E-state index in [2.05, 4.69) is 0 Å². The van der Waals surface area contributed by atoms with E-state index in [-0.39, 0.29) is 11.8 Å². The smallest absolute Gasteiger partial charge is 0.304 e. The van der Waals surface area contributed by atoms with Gasteiger partial charge in [0.15, 0.2) is 0 Å². The Hall–Kier alpha value is -1.22. The first-order valence-corrected chi connectivity index (χ1v) is 6.41. The Morgan fingerprint density at radius 3 is 2.39 bits per heavy atom. The summed E-state index contributed by atoms with van der Waals surface area (Å²) in [6.45, 7) is 4.35. The molecule has 0 bridgehead atoms. The number of rotatable bonds is 5. The second-order valence-electron chi connectivity index (χ2n) is 5.23. The van der Waals surface area contributed by atoms with Crippen molar-refractivity contribution in [1.29, 1.82) is 0 Å². The molecule has 0 atom stereocenters. The molecule has 1 N–H and O–H groups in total. The molecule has 1 saturated carbocycles. The molecule has 1 aromatic rings. The van der Waals surface area contributed by atoms with Crippen LogP contribution in [0.4, 0.5) is 0 Å². The minimum absolute atomic E-state index is 0.146. The highest BCUT2D eigenvalue weighted by Gasteiger charge is 2.45. The summed E-state index contributed by atoms with van der Waals surface area (Å²) in [5.74, 6) is 0.0191. The molecule has 1 fully saturated rings. The van der Waals surface area contributed by atoms with Crippen molar-refractivity contribution < 1.29 is 14.6 Å². The van der Waals surface area contributed by atoms with Crippen molar-refractivity contribution in [3.63, 3.8) is 0 Å². The number of carboxylic acids is 1. The number of benzene rings is 1. The molecule has 2 rings (SSSR count). The number of aryl methyl sites for hydroxylation is 2. The average Bonchev–Trinajstić information content (AvgIpc) is 3.02.